The van der Waals surface area contributed by atoms with E-state index in [2.05, 4.69) is 49.7 Å². The fourth-order valence-electron chi connectivity index (χ4n) is 3.63. The lowest BCUT2D eigenvalue weighted by atomic mass is 10.0. The maximum atomic E-state index is 11.1. The smallest absolute Gasteiger partial charge is 0.267 e. The maximum Gasteiger partial charge on any atom is 0.267 e. The predicted molar refractivity (Wildman–Crippen MR) is 108 cm³/mol. The Bertz CT molecular complexity index is 829. The Morgan fingerprint density at radius 2 is 2.07 bits per heavy atom. The first-order valence-electron chi connectivity index (χ1n) is 9.15. The van der Waals surface area contributed by atoms with Crippen LogP contribution in [0, 0.1) is 13.8 Å². The van der Waals surface area contributed by atoms with Crippen molar-refractivity contribution in [2.75, 3.05) is 13.1 Å². The van der Waals surface area contributed by atoms with Crippen molar-refractivity contribution in [1.82, 2.24) is 20.2 Å². The van der Waals surface area contributed by atoms with Gasteiger partial charge >= 0.3 is 0 Å². The molecule has 2 aromatic rings. The molecule has 6 nitrogen and oxygen atoms in total. The van der Waals surface area contributed by atoms with Crippen molar-refractivity contribution in [3.8, 4) is 0 Å². The normalized spacial score (nSPS) is 17.7. The lowest BCUT2D eigenvalue weighted by Gasteiger charge is -2.25. The van der Waals surface area contributed by atoms with Crippen molar-refractivity contribution < 1.29 is 10.0 Å². The molecule has 1 aliphatic heterocycles. The minimum absolute atomic E-state index is 0.421. The molecule has 1 aromatic carbocycles. The average Bonchev–Trinajstić information content (AvgIpc) is 3.25. The van der Waals surface area contributed by atoms with Crippen LogP contribution in [0.2, 0.25) is 0 Å². The molecule has 1 aromatic heterocycles. The molecule has 1 amide bonds. The third-order valence-corrected chi connectivity index (χ3v) is 6.26. The zero-order valence-electron chi connectivity index (χ0n) is 15.7. The molecule has 1 atom stereocenters. The van der Waals surface area contributed by atoms with Crippen molar-refractivity contribution >= 4 is 27.9 Å². The van der Waals surface area contributed by atoms with Crippen LogP contribution in [0.15, 0.2) is 34.8 Å². The summed E-state index contributed by atoms with van der Waals surface area (Å²) < 4.78 is 3.17. The van der Waals surface area contributed by atoms with Crippen LogP contribution in [0.3, 0.4) is 0 Å². The van der Waals surface area contributed by atoms with Crippen molar-refractivity contribution in [3.05, 3.63) is 57.3 Å². The largest absolute Gasteiger partial charge is 0.294 e. The van der Waals surface area contributed by atoms with Gasteiger partial charge in [0.1, 0.15) is 0 Å². The summed E-state index contributed by atoms with van der Waals surface area (Å²) in [6.45, 7) is 7.06. The highest BCUT2D eigenvalue weighted by Gasteiger charge is 2.25. The summed E-state index contributed by atoms with van der Waals surface area (Å²) in [5.74, 6) is -0.531. The van der Waals surface area contributed by atoms with E-state index in [1.165, 1.54) is 23.8 Å². The van der Waals surface area contributed by atoms with E-state index in [0.29, 0.717) is 6.04 Å². The Labute approximate surface area is 168 Å². The van der Waals surface area contributed by atoms with Crippen molar-refractivity contribution in [3.63, 3.8) is 0 Å². The summed E-state index contributed by atoms with van der Waals surface area (Å²) in [4.78, 5) is 13.6. The van der Waals surface area contributed by atoms with Gasteiger partial charge in [0.15, 0.2) is 0 Å². The molecule has 1 fully saturated rings. The summed E-state index contributed by atoms with van der Waals surface area (Å²) in [7, 11) is 0. The van der Waals surface area contributed by atoms with E-state index in [9.17, 15) is 4.79 Å². The first-order chi connectivity index (χ1) is 13.0. The molecule has 144 valence electrons. The number of nitrogens with one attached hydrogen (secondary N) is 1. The number of carbonyl (C=O) groups excluding carboxylic acids is 1. The van der Waals surface area contributed by atoms with E-state index in [4.69, 9.17) is 5.21 Å². The topological polar surface area (TPSA) is 70.4 Å². The SMILES string of the molecule is Cc1nn(CCN2CCCC2c2ccc(C=CC(=O)NO)cc2)c(C)c1Br. The summed E-state index contributed by atoms with van der Waals surface area (Å²) in [6, 6.07) is 8.68. The van der Waals surface area contributed by atoms with Crippen LogP contribution in [0.4, 0.5) is 0 Å². The minimum Gasteiger partial charge on any atom is -0.294 e. The Morgan fingerprint density at radius 1 is 1.33 bits per heavy atom. The standard InChI is InChI=1S/C20H25BrN4O2/c1-14-20(21)15(2)25(22-14)13-12-24-11-3-4-18(24)17-8-5-16(6-9-17)7-10-19(26)23-27/h5-10,18,27H,3-4,11-13H2,1-2H3,(H,23,26). The second-order valence-electron chi connectivity index (χ2n) is 6.88. The van der Waals surface area contributed by atoms with Gasteiger partial charge in [0.25, 0.3) is 5.91 Å². The Hall–Kier alpha value is -1.96. The Balaban J connectivity index is 1.64. The molecule has 27 heavy (non-hydrogen) atoms. The number of rotatable bonds is 6. The molecule has 1 aliphatic rings. The van der Waals surface area contributed by atoms with Crippen molar-refractivity contribution in [2.45, 2.75) is 39.3 Å². The van der Waals surface area contributed by atoms with Crippen LogP contribution >= 0.6 is 15.9 Å². The number of likely N-dealkylation sites (tertiary alicyclic amines) is 1. The molecular weight excluding hydrogens is 408 g/mol. The number of hydrogen-bond acceptors (Lipinski definition) is 4. The molecule has 1 saturated heterocycles. The van der Waals surface area contributed by atoms with E-state index in [1.807, 2.05) is 19.1 Å². The first-order valence-corrected chi connectivity index (χ1v) is 9.94. The second-order valence-corrected chi connectivity index (χ2v) is 7.67. The molecule has 3 rings (SSSR count). The number of aryl methyl sites for hydroxylation is 1. The number of amides is 1. The van der Waals surface area contributed by atoms with Gasteiger partial charge in [-0.1, -0.05) is 24.3 Å². The van der Waals surface area contributed by atoms with Gasteiger partial charge in [-0.25, -0.2) is 5.48 Å². The quantitative estimate of drug-likeness (QED) is 0.415. The zero-order valence-corrected chi connectivity index (χ0v) is 17.2. The molecular formula is C20H25BrN4O2. The predicted octanol–water partition coefficient (Wildman–Crippen LogP) is 3.62. The van der Waals surface area contributed by atoms with Gasteiger partial charge in [0, 0.05) is 24.4 Å². The zero-order chi connectivity index (χ0) is 19.4. The Morgan fingerprint density at radius 3 is 2.70 bits per heavy atom. The van der Waals surface area contributed by atoms with E-state index < -0.39 is 5.91 Å². The highest BCUT2D eigenvalue weighted by Crippen LogP contribution is 2.32. The van der Waals surface area contributed by atoms with Gasteiger partial charge < -0.3 is 0 Å². The molecule has 2 N–H and O–H groups in total. The highest BCUT2D eigenvalue weighted by molar-refractivity contribution is 9.10. The van der Waals surface area contributed by atoms with E-state index in [-0.39, 0.29) is 0 Å². The van der Waals surface area contributed by atoms with Crippen LogP contribution in [0.5, 0.6) is 0 Å². The van der Waals surface area contributed by atoms with Gasteiger partial charge in [0.05, 0.1) is 16.7 Å². The highest BCUT2D eigenvalue weighted by atomic mass is 79.9. The van der Waals surface area contributed by atoms with E-state index in [0.717, 1.165) is 41.8 Å². The second kappa shape index (κ2) is 8.82. The molecule has 0 radical (unpaired) electrons. The van der Waals surface area contributed by atoms with Gasteiger partial charge in [-0.2, -0.15) is 5.10 Å². The van der Waals surface area contributed by atoms with E-state index >= 15 is 0 Å². The number of hydroxylamine groups is 1. The molecule has 1 unspecified atom stereocenters. The van der Waals surface area contributed by atoms with Crippen LogP contribution in [0.1, 0.15) is 41.4 Å². The van der Waals surface area contributed by atoms with Crippen molar-refractivity contribution in [2.24, 2.45) is 0 Å². The first kappa shape index (κ1) is 19.8. The summed E-state index contributed by atoms with van der Waals surface area (Å²) in [5.41, 5.74) is 6.02. The number of aromatic nitrogens is 2. The van der Waals surface area contributed by atoms with Crippen LogP contribution in [-0.4, -0.2) is 38.9 Å². The molecule has 0 saturated carbocycles. The molecule has 7 heteroatoms. The molecule has 2 heterocycles. The molecule has 0 aliphatic carbocycles. The average molecular weight is 433 g/mol. The number of hydrogen-bond donors (Lipinski definition) is 2. The fourth-order valence-corrected chi connectivity index (χ4v) is 3.91. The van der Waals surface area contributed by atoms with Gasteiger partial charge in [0.2, 0.25) is 0 Å². The number of carbonyl (C=O) groups is 1. The van der Waals surface area contributed by atoms with Crippen LogP contribution in [0.25, 0.3) is 6.08 Å². The fraction of sp³-hybridized carbons (Fsp3) is 0.400. The van der Waals surface area contributed by atoms with Crippen LogP contribution < -0.4 is 5.48 Å². The summed E-state index contributed by atoms with van der Waals surface area (Å²) in [6.07, 6.45) is 5.35. The number of benzene rings is 1. The third-order valence-electron chi connectivity index (χ3n) is 5.11. The summed E-state index contributed by atoms with van der Waals surface area (Å²) >= 11 is 3.59. The van der Waals surface area contributed by atoms with Crippen molar-refractivity contribution in [1.29, 1.82) is 0 Å². The van der Waals surface area contributed by atoms with Gasteiger partial charge in [-0.15, -0.1) is 0 Å². The lowest BCUT2D eigenvalue weighted by molar-refractivity contribution is -0.124. The van der Waals surface area contributed by atoms with Gasteiger partial charge in [-0.3, -0.25) is 19.6 Å². The maximum absolute atomic E-state index is 11.1. The van der Waals surface area contributed by atoms with E-state index in [1.54, 1.807) is 11.6 Å². The van der Waals surface area contributed by atoms with Gasteiger partial charge in [-0.05, 0) is 66.4 Å². The third kappa shape index (κ3) is 4.66. The summed E-state index contributed by atoms with van der Waals surface area (Å²) in [5, 5.41) is 13.1. The molecule has 0 bridgehead atoms. The molecule has 0 spiro atoms. The number of halogens is 1. The lowest BCUT2D eigenvalue weighted by Crippen LogP contribution is -2.27. The number of nitrogens with zero attached hydrogens (tertiary/aromatic N) is 3. The Kier molecular flexibility index (Phi) is 6.46. The van der Waals surface area contributed by atoms with Crippen LogP contribution in [-0.2, 0) is 11.3 Å². The monoisotopic (exact) mass is 432 g/mol. The minimum atomic E-state index is -0.531.